The van der Waals surface area contributed by atoms with Gasteiger partial charge in [-0.1, -0.05) is 31.5 Å². The zero-order valence-corrected chi connectivity index (χ0v) is 13.2. The number of urea groups is 1. The molecule has 2 aromatic rings. The molecule has 0 fully saturated rings. The first-order valence-electron chi connectivity index (χ1n) is 7.61. The molecule has 3 nitrogen and oxygen atoms in total. The van der Waals surface area contributed by atoms with Crippen molar-refractivity contribution in [2.75, 3.05) is 5.32 Å². The van der Waals surface area contributed by atoms with Gasteiger partial charge in [0, 0.05) is 5.69 Å². The number of amides is 2. The number of benzene rings is 2. The van der Waals surface area contributed by atoms with E-state index in [2.05, 4.69) is 17.6 Å². The van der Waals surface area contributed by atoms with Crippen LogP contribution in [0.4, 0.5) is 19.3 Å². The molecule has 2 rings (SSSR count). The summed E-state index contributed by atoms with van der Waals surface area (Å²) in [6.45, 7) is 3.82. The molecule has 0 heterocycles. The van der Waals surface area contributed by atoms with E-state index >= 15 is 0 Å². The van der Waals surface area contributed by atoms with Gasteiger partial charge in [0.25, 0.3) is 0 Å². The van der Waals surface area contributed by atoms with E-state index in [0.29, 0.717) is 11.3 Å². The van der Waals surface area contributed by atoms with Crippen molar-refractivity contribution in [1.29, 1.82) is 0 Å². The van der Waals surface area contributed by atoms with Crippen LogP contribution in [0.5, 0.6) is 0 Å². The molecule has 0 aliphatic rings. The third-order valence-corrected chi connectivity index (χ3v) is 3.54. The molecule has 2 amide bonds. The molecule has 2 aromatic carbocycles. The van der Waals surface area contributed by atoms with Crippen molar-refractivity contribution in [3.8, 4) is 0 Å². The van der Waals surface area contributed by atoms with Gasteiger partial charge in [-0.25, -0.2) is 13.6 Å². The van der Waals surface area contributed by atoms with E-state index in [-0.39, 0.29) is 0 Å². The number of carbonyl (C=O) groups is 1. The molecule has 0 spiro atoms. The van der Waals surface area contributed by atoms with Crippen LogP contribution in [0.1, 0.15) is 37.4 Å². The van der Waals surface area contributed by atoms with Crippen molar-refractivity contribution < 1.29 is 13.6 Å². The largest absolute Gasteiger partial charge is 0.331 e. The third-order valence-electron chi connectivity index (χ3n) is 3.54. The molecule has 5 heteroatoms. The van der Waals surface area contributed by atoms with Gasteiger partial charge in [-0.15, -0.1) is 0 Å². The number of hydrogen-bond donors (Lipinski definition) is 2. The highest BCUT2D eigenvalue weighted by molar-refractivity contribution is 5.89. The Morgan fingerprint density at radius 2 is 1.78 bits per heavy atom. The number of carbonyl (C=O) groups excluding carboxylic acids is 1. The van der Waals surface area contributed by atoms with Gasteiger partial charge >= 0.3 is 6.03 Å². The molecule has 0 aliphatic carbocycles. The SMILES string of the molecule is CCCc1ccc(NC(=O)NC(C)c2ccc(F)c(F)c2)cc1. The predicted molar refractivity (Wildman–Crippen MR) is 87.4 cm³/mol. The Hall–Kier alpha value is -2.43. The molecule has 1 atom stereocenters. The van der Waals surface area contributed by atoms with E-state index in [1.807, 2.05) is 24.3 Å². The van der Waals surface area contributed by atoms with Crippen molar-refractivity contribution in [3.63, 3.8) is 0 Å². The van der Waals surface area contributed by atoms with Crippen LogP contribution in [0.15, 0.2) is 42.5 Å². The summed E-state index contributed by atoms with van der Waals surface area (Å²) in [5.74, 6) is -1.83. The second kappa shape index (κ2) is 7.72. The number of rotatable bonds is 5. The van der Waals surface area contributed by atoms with Crippen molar-refractivity contribution in [2.24, 2.45) is 0 Å². The van der Waals surface area contributed by atoms with Crippen LogP contribution < -0.4 is 10.6 Å². The summed E-state index contributed by atoms with van der Waals surface area (Å²) in [5, 5.41) is 5.41. The van der Waals surface area contributed by atoms with Gasteiger partial charge < -0.3 is 10.6 Å². The van der Waals surface area contributed by atoms with Gasteiger partial charge in [-0.2, -0.15) is 0 Å². The first-order chi connectivity index (χ1) is 11.0. The highest BCUT2D eigenvalue weighted by Crippen LogP contribution is 2.16. The van der Waals surface area contributed by atoms with Gasteiger partial charge in [0.2, 0.25) is 0 Å². The van der Waals surface area contributed by atoms with Crippen LogP contribution >= 0.6 is 0 Å². The van der Waals surface area contributed by atoms with Crippen LogP contribution in [0.3, 0.4) is 0 Å². The Labute approximate surface area is 134 Å². The topological polar surface area (TPSA) is 41.1 Å². The van der Waals surface area contributed by atoms with Gasteiger partial charge in [0.15, 0.2) is 11.6 Å². The van der Waals surface area contributed by atoms with Crippen molar-refractivity contribution in [2.45, 2.75) is 32.7 Å². The van der Waals surface area contributed by atoms with Crippen LogP contribution in [0.2, 0.25) is 0 Å². The summed E-state index contributed by atoms with van der Waals surface area (Å²) in [7, 11) is 0. The molecule has 2 N–H and O–H groups in total. The lowest BCUT2D eigenvalue weighted by atomic mass is 10.1. The fourth-order valence-corrected chi connectivity index (χ4v) is 2.27. The summed E-state index contributed by atoms with van der Waals surface area (Å²) in [6.07, 6.45) is 2.07. The third kappa shape index (κ3) is 4.77. The minimum absolute atomic E-state index is 0.398. The van der Waals surface area contributed by atoms with E-state index in [0.717, 1.165) is 25.0 Å². The van der Waals surface area contributed by atoms with Gasteiger partial charge in [0.1, 0.15) is 0 Å². The van der Waals surface area contributed by atoms with Gasteiger partial charge in [-0.05, 0) is 48.7 Å². The molecule has 23 heavy (non-hydrogen) atoms. The lowest BCUT2D eigenvalue weighted by molar-refractivity contribution is 0.249. The maximum atomic E-state index is 13.2. The lowest BCUT2D eigenvalue weighted by Gasteiger charge is -2.15. The quantitative estimate of drug-likeness (QED) is 0.817. The Kier molecular flexibility index (Phi) is 5.68. The van der Waals surface area contributed by atoms with E-state index < -0.39 is 23.7 Å². The first-order valence-corrected chi connectivity index (χ1v) is 7.61. The molecule has 0 saturated carbocycles. The Balaban J connectivity index is 1.94. The highest BCUT2D eigenvalue weighted by Gasteiger charge is 2.12. The summed E-state index contributed by atoms with van der Waals surface area (Å²) in [5.41, 5.74) is 2.39. The van der Waals surface area contributed by atoms with Crippen LogP contribution in [0, 0.1) is 11.6 Å². The average Bonchev–Trinajstić information content (AvgIpc) is 2.52. The fraction of sp³-hybridized carbons (Fsp3) is 0.278. The number of hydrogen-bond acceptors (Lipinski definition) is 1. The van der Waals surface area contributed by atoms with E-state index in [9.17, 15) is 13.6 Å². The molecular weight excluding hydrogens is 298 g/mol. The monoisotopic (exact) mass is 318 g/mol. The molecule has 0 aromatic heterocycles. The molecule has 122 valence electrons. The average molecular weight is 318 g/mol. The van der Waals surface area contributed by atoms with Crippen LogP contribution in [-0.4, -0.2) is 6.03 Å². The minimum Gasteiger partial charge on any atom is -0.331 e. The van der Waals surface area contributed by atoms with E-state index in [1.54, 1.807) is 6.92 Å². The standard InChI is InChI=1S/C18H20F2N2O/c1-3-4-13-5-8-15(9-6-13)22-18(23)21-12(2)14-7-10-16(19)17(20)11-14/h5-12H,3-4H2,1-2H3,(H2,21,22,23). The van der Waals surface area contributed by atoms with Crippen molar-refractivity contribution >= 4 is 11.7 Å². The predicted octanol–water partition coefficient (Wildman–Crippen LogP) is 4.80. The zero-order chi connectivity index (χ0) is 16.8. The van der Waals surface area contributed by atoms with Gasteiger partial charge in [0.05, 0.1) is 6.04 Å². The van der Waals surface area contributed by atoms with E-state index in [1.165, 1.54) is 11.6 Å². The van der Waals surface area contributed by atoms with Crippen LogP contribution in [-0.2, 0) is 6.42 Å². The van der Waals surface area contributed by atoms with E-state index in [4.69, 9.17) is 0 Å². The normalized spacial score (nSPS) is 11.8. The van der Waals surface area contributed by atoms with Crippen LogP contribution in [0.25, 0.3) is 0 Å². The Morgan fingerprint density at radius 3 is 2.39 bits per heavy atom. The molecule has 0 bridgehead atoms. The first kappa shape index (κ1) is 16.9. The number of aryl methyl sites for hydroxylation is 1. The highest BCUT2D eigenvalue weighted by atomic mass is 19.2. The minimum atomic E-state index is -0.928. The number of anilines is 1. The second-order valence-corrected chi connectivity index (χ2v) is 5.44. The zero-order valence-electron chi connectivity index (χ0n) is 13.2. The summed E-state index contributed by atoms with van der Waals surface area (Å²) in [6, 6.07) is 10.4. The summed E-state index contributed by atoms with van der Waals surface area (Å²) < 4.78 is 26.1. The number of nitrogens with one attached hydrogen (secondary N) is 2. The lowest BCUT2D eigenvalue weighted by Crippen LogP contribution is -2.31. The van der Waals surface area contributed by atoms with Crippen molar-refractivity contribution in [3.05, 3.63) is 65.2 Å². The Morgan fingerprint density at radius 1 is 1.09 bits per heavy atom. The Bertz CT molecular complexity index is 671. The maximum Gasteiger partial charge on any atom is 0.319 e. The second-order valence-electron chi connectivity index (χ2n) is 5.44. The molecular formula is C18H20F2N2O. The smallest absolute Gasteiger partial charge is 0.319 e. The molecule has 0 radical (unpaired) electrons. The fourth-order valence-electron chi connectivity index (χ4n) is 2.27. The van der Waals surface area contributed by atoms with Gasteiger partial charge in [-0.3, -0.25) is 0 Å². The summed E-state index contributed by atoms with van der Waals surface area (Å²) >= 11 is 0. The molecule has 0 aliphatic heterocycles. The maximum absolute atomic E-state index is 13.2. The summed E-state index contributed by atoms with van der Waals surface area (Å²) in [4.78, 5) is 12.0. The molecule has 1 unspecified atom stereocenters. The molecule has 0 saturated heterocycles. The van der Waals surface area contributed by atoms with Crippen molar-refractivity contribution in [1.82, 2.24) is 5.32 Å². The number of halogens is 2.